The lowest BCUT2D eigenvalue weighted by atomic mass is 9.87. The lowest BCUT2D eigenvalue weighted by Gasteiger charge is -2.19. The number of amides is 2. The van der Waals surface area contributed by atoms with Crippen molar-refractivity contribution >= 4 is 29.3 Å². The van der Waals surface area contributed by atoms with Gasteiger partial charge in [-0.25, -0.2) is 0 Å². The molecule has 0 saturated heterocycles. The number of hydrogen-bond donors (Lipinski definition) is 2. The number of rotatable bonds is 7. The highest BCUT2D eigenvalue weighted by Gasteiger charge is 2.14. The Bertz CT molecular complexity index is 1110. The fraction of sp³-hybridized carbons (Fsp3) is 0.214. The van der Waals surface area contributed by atoms with E-state index in [4.69, 9.17) is 4.74 Å². The van der Waals surface area contributed by atoms with E-state index in [1.807, 2.05) is 55.5 Å². The molecule has 3 rings (SSSR count). The molecule has 0 fully saturated rings. The van der Waals surface area contributed by atoms with Crippen LogP contribution in [-0.4, -0.2) is 18.4 Å². The largest absolute Gasteiger partial charge is 0.494 e. The maximum absolute atomic E-state index is 12.5. The molecule has 2 N–H and O–H groups in total. The normalized spacial score (nSPS) is 11.3. The standard InChI is InChI=1S/C28H30N2O3/c1-5-33-25-17-6-20(7-18-25)8-19-26(31)29-23-13-15-24(16-14-23)30-27(32)21-9-11-22(12-10-21)28(2,3)4/h6-19H,5H2,1-4H3,(H,29,31)(H,30,32)/b19-8+. The smallest absolute Gasteiger partial charge is 0.255 e. The van der Waals surface area contributed by atoms with Crippen molar-refractivity contribution in [3.8, 4) is 5.75 Å². The minimum absolute atomic E-state index is 0.0404. The Morgan fingerprint density at radius 1 is 0.818 bits per heavy atom. The van der Waals surface area contributed by atoms with Crippen molar-refractivity contribution in [1.82, 2.24) is 0 Å². The van der Waals surface area contributed by atoms with Gasteiger partial charge in [-0.1, -0.05) is 45.0 Å². The van der Waals surface area contributed by atoms with E-state index in [2.05, 4.69) is 31.4 Å². The molecule has 5 heteroatoms. The van der Waals surface area contributed by atoms with Crippen molar-refractivity contribution in [1.29, 1.82) is 0 Å². The molecule has 0 spiro atoms. The zero-order valence-electron chi connectivity index (χ0n) is 19.5. The Morgan fingerprint density at radius 2 is 1.39 bits per heavy atom. The lowest BCUT2D eigenvalue weighted by Crippen LogP contribution is -2.14. The summed E-state index contributed by atoms with van der Waals surface area (Å²) in [5.41, 5.74) is 4.02. The average molecular weight is 443 g/mol. The van der Waals surface area contributed by atoms with E-state index in [0.717, 1.165) is 11.3 Å². The monoisotopic (exact) mass is 442 g/mol. The molecule has 0 aromatic heterocycles. The highest BCUT2D eigenvalue weighted by molar-refractivity contribution is 6.05. The Labute approximate surface area is 195 Å². The number of anilines is 2. The molecule has 170 valence electrons. The summed E-state index contributed by atoms with van der Waals surface area (Å²) >= 11 is 0. The molecule has 0 atom stereocenters. The molecular weight excluding hydrogens is 412 g/mol. The van der Waals surface area contributed by atoms with Crippen molar-refractivity contribution in [2.45, 2.75) is 33.1 Å². The van der Waals surface area contributed by atoms with Gasteiger partial charge in [0.25, 0.3) is 5.91 Å². The predicted molar refractivity (Wildman–Crippen MR) is 135 cm³/mol. The highest BCUT2D eigenvalue weighted by atomic mass is 16.5. The predicted octanol–water partition coefficient (Wildman–Crippen LogP) is 6.29. The first-order valence-corrected chi connectivity index (χ1v) is 11.0. The van der Waals surface area contributed by atoms with Crippen LogP contribution in [0.4, 0.5) is 11.4 Å². The van der Waals surface area contributed by atoms with Crippen LogP contribution in [0.25, 0.3) is 6.08 Å². The quantitative estimate of drug-likeness (QED) is 0.423. The van der Waals surface area contributed by atoms with Gasteiger partial charge in [-0.3, -0.25) is 9.59 Å². The molecule has 0 aliphatic carbocycles. The summed E-state index contributed by atoms with van der Waals surface area (Å²) in [6.07, 6.45) is 3.22. The molecule has 0 heterocycles. The Hall–Kier alpha value is -3.86. The molecule has 33 heavy (non-hydrogen) atoms. The van der Waals surface area contributed by atoms with Gasteiger partial charge in [-0.2, -0.15) is 0 Å². The molecule has 3 aromatic rings. The fourth-order valence-corrected chi connectivity index (χ4v) is 3.16. The van der Waals surface area contributed by atoms with Gasteiger partial charge in [-0.05, 0) is 78.1 Å². The van der Waals surface area contributed by atoms with Gasteiger partial charge in [0.05, 0.1) is 6.61 Å². The molecular formula is C28H30N2O3. The number of benzene rings is 3. The maximum atomic E-state index is 12.5. The summed E-state index contributed by atoms with van der Waals surface area (Å²) in [4.78, 5) is 24.7. The molecule has 0 radical (unpaired) electrons. The molecule has 2 amide bonds. The first-order chi connectivity index (χ1) is 15.7. The molecule has 0 aliphatic heterocycles. The van der Waals surface area contributed by atoms with Crippen LogP contribution in [0.5, 0.6) is 5.75 Å². The summed E-state index contributed by atoms with van der Waals surface area (Å²) in [7, 11) is 0. The van der Waals surface area contributed by atoms with Crippen LogP contribution >= 0.6 is 0 Å². The van der Waals surface area contributed by atoms with Gasteiger partial charge in [0, 0.05) is 23.0 Å². The van der Waals surface area contributed by atoms with E-state index in [-0.39, 0.29) is 17.2 Å². The number of ether oxygens (including phenoxy) is 1. The van der Waals surface area contributed by atoms with Crippen molar-refractivity contribution < 1.29 is 14.3 Å². The van der Waals surface area contributed by atoms with Gasteiger partial charge in [0.2, 0.25) is 5.91 Å². The van der Waals surface area contributed by atoms with Crippen LogP contribution in [0.3, 0.4) is 0 Å². The molecule has 0 aliphatic rings. The maximum Gasteiger partial charge on any atom is 0.255 e. The van der Waals surface area contributed by atoms with Crippen LogP contribution < -0.4 is 15.4 Å². The molecule has 3 aromatic carbocycles. The molecule has 0 bridgehead atoms. The van der Waals surface area contributed by atoms with Crippen molar-refractivity contribution in [2.24, 2.45) is 0 Å². The van der Waals surface area contributed by atoms with Crippen LogP contribution in [0, 0.1) is 0 Å². The first kappa shape index (κ1) is 23.8. The summed E-state index contributed by atoms with van der Waals surface area (Å²) in [5, 5.41) is 5.69. The third-order valence-corrected chi connectivity index (χ3v) is 5.04. The molecule has 5 nitrogen and oxygen atoms in total. The van der Waals surface area contributed by atoms with E-state index >= 15 is 0 Å². The van der Waals surface area contributed by atoms with E-state index in [9.17, 15) is 9.59 Å². The Kier molecular flexibility index (Phi) is 7.67. The van der Waals surface area contributed by atoms with Gasteiger partial charge >= 0.3 is 0 Å². The summed E-state index contributed by atoms with van der Waals surface area (Å²) in [6.45, 7) is 8.96. The van der Waals surface area contributed by atoms with Crippen molar-refractivity contribution in [3.63, 3.8) is 0 Å². The van der Waals surface area contributed by atoms with E-state index < -0.39 is 0 Å². The minimum atomic E-state index is -0.236. The third kappa shape index (κ3) is 7.07. The van der Waals surface area contributed by atoms with Gasteiger partial charge in [0.15, 0.2) is 0 Å². The zero-order valence-corrected chi connectivity index (χ0v) is 19.5. The van der Waals surface area contributed by atoms with Gasteiger partial charge in [0.1, 0.15) is 5.75 Å². The number of nitrogens with one attached hydrogen (secondary N) is 2. The third-order valence-electron chi connectivity index (χ3n) is 5.04. The van der Waals surface area contributed by atoms with Crippen LogP contribution in [0.15, 0.2) is 78.9 Å². The second kappa shape index (κ2) is 10.6. The molecule has 0 unspecified atom stereocenters. The number of hydrogen-bond acceptors (Lipinski definition) is 3. The zero-order chi connectivity index (χ0) is 23.8. The van der Waals surface area contributed by atoms with Crippen LogP contribution in [0.1, 0.15) is 49.2 Å². The highest BCUT2D eigenvalue weighted by Crippen LogP contribution is 2.22. The number of carbonyl (C=O) groups is 2. The number of carbonyl (C=O) groups excluding carboxylic acids is 2. The average Bonchev–Trinajstić information content (AvgIpc) is 2.79. The fourth-order valence-electron chi connectivity index (χ4n) is 3.16. The molecule has 0 saturated carbocycles. The Balaban J connectivity index is 1.54. The lowest BCUT2D eigenvalue weighted by molar-refractivity contribution is -0.111. The summed E-state index contributed by atoms with van der Waals surface area (Å²) < 4.78 is 5.41. The van der Waals surface area contributed by atoms with Crippen LogP contribution in [-0.2, 0) is 10.2 Å². The second-order valence-electron chi connectivity index (χ2n) is 8.68. The van der Waals surface area contributed by atoms with Crippen LogP contribution in [0.2, 0.25) is 0 Å². The first-order valence-electron chi connectivity index (χ1n) is 11.0. The van der Waals surface area contributed by atoms with Gasteiger partial charge < -0.3 is 15.4 Å². The summed E-state index contributed by atoms with van der Waals surface area (Å²) in [6, 6.07) is 22.2. The topological polar surface area (TPSA) is 67.4 Å². The van der Waals surface area contributed by atoms with Gasteiger partial charge in [-0.15, -0.1) is 0 Å². The van der Waals surface area contributed by atoms with E-state index in [1.54, 1.807) is 30.3 Å². The van der Waals surface area contributed by atoms with Crippen molar-refractivity contribution in [2.75, 3.05) is 17.2 Å². The summed E-state index contributed by atoms with van der Waals surface area (Å²) in [5.74, 6) is 0.387. The van der Waals surface area contributed by atoms with E-state index in [1.165, 1.54) is 11.6 Å². The SMILES string of the molecule is CCOc1ccc(/C=C/C(=O)Nc2ccc(NC(=O)c3ccc(C(C)(C)C)cc3)cc2)cc1. The minimum Gasteiger partial charge on any atom is -0.494 e. The Morgan fingerprint density at radius 3 is 1.94 bits per heavy atom. The van der Waals surface area contributed by atoms with E-state index in [0.29, 0.717) is 23.5 Å². The van der Waals surface area contributed by atoms with Crippen molar-refractivity contribution in [3.05, 3.63) is 95.6 Å². The second-order valence-corrected chi connectivity index (χ2v) is 8.68.